The zero-order chi connectivity index (χ0) is 15.4. The van der Waals surface area contributed by atoms with Crippen LogP contribution < -0.4 is 20.1 Å². The molecule has 21 heavy (non-hydrogen) atoms. The average molecular weight is 286 g/mol. The maximum Gasteiger partial charge on any atom is 0.162 e. The van der Waals surface area contributed by atoms with Gasteiger partial charge in [0, 0.05) is 31.0 Å². The molecule has 2 N–H and O–H groups in total. The van der Waals surface area contributed by atoms with E-state index in [2.05, 4.69) is 36.1 Å². The summed E-state index contributed by atoms with van der Waals surface area (Å²) in [6.45, 7) is 2.78. The lowest BCUT2D eigenvalue weighted by atomic mass is 10.1. The second kappa shape index (κ2) is 6.39. The average Bonchev–Trinajstić information content (AvgIpc) is 2.49. The van der Waals surface area contributed by atoms with E-state index in [0.29, 0.717) is 23.7 Å². The number of nitrogen functional groups attached to an aromatic ring is 1. The van der Waals surface area contributed by atoms with E-state index in [1.54, 1.807) is 20.3 Å². The number of hydrogen-bond donors (Lipinski definition) is 1. The van der Waals surface area contributed by atoms with E-state index in [1.165, 1.54) is 5.56 Å². The van der Waals surface area contributed by atoms with Gasteiger partial charge >= 0.3 is 0 Å². The number of benzene rings is 2. The molecule has 0 radical (unpaired) electrons. The molecule has 0 aliphatic rings. The number of methoxy groups -OCH3 is 2. The van der Waals surface area contributed by atoms with Gasteiger partial charge in [0.2, 0.25) is 0 Å². The molecule has 0 unspecified atom stereocenters. The van der Waals surface area contributed by atoms with Crippen molar-refractivity contribution in [3.8, 4) is 11.5 Å². The normalized spacial score (nSPS) is 10.3. The molecular weight excluding hydrogens is 264 g/mol. The summed E-state index contributed by atoms with van der Waals surface area (Å²) in [5, 5.41) is 0. The Morgan fingerprint density at radius 1 is 1.00 bits per heavy atom. The van der Waals surface area contributed by atoms with Crippen molar-refractivity contribution in [1.29, 1.82) is 0 Å². The molecule has 0 aliphatic heterocycles. The van der Waals surface area contributed by atoms with Crippen molar-refractivity contribution in [2.45, 2.75) is 13.5 Å². The van der Waals surface area contributed by atoms with Gasteiger partial charge in [-0.05, 0) is 30.7 Å². The Kier molecular flexibility index (Phi) is 4.58. The molecule has 2 aromatic carbocycles. The predicted molar refractivity (Wildman–Crippen MR) is 87.2 cm³/mol. The third-order valence-corrected chi connectivity index (χ3v) is 3.53. The van der Waals surface area contributed by atoms with Crippen molar-refractivity contribution in [2.24, 2.45) is 0 Å². The van der Waals surface area contributed by atoms with Crippen LogP contribution in [0, 0.1) is 6.92 Å². The molecule has 0 saturated heterocycles. The second-order valence-electron chi connectivity index (χ2n) is 5.10. The minimum absolute atomic E-state index is 0.650. The summed E-state index contributed by atoms with van der Waals surface area (Å²) >= 11 is 0. The largest absolute Gasteiger partial charge is 0.493 e. The molecule has 0 saturated carbocycles. The molecule has 0 bridgehead atoms. The molecule has 4 heteroatoms. The van der Waals surface area contributed by atoms with E-state index in [9.17, 15) is 0 Å². The number of hydrogen-bond acceptors (Lipinski definition) is 4. The lowest BCUT2D eigenvalue weighted by Crippen LogP contribution is -2.17. The van der Waals surface area contributed by atoms with E-state index in [4.69, 9.17) is 15.2 Å². The number of ether oxygens (including phenoxy) is 2. The number of rotatable bonds is 5. The first kappa shape index (κ1) is 15.0. The van der Waals surface area contributed by atoms with Gasteiger partial charge in [-0.1, -0.05) is 17.7 Å². The highest BCUT2D eigenvalue weighted by molar-refractivity contribution is 5.59. The predicted octanol–water partition coefficient (Wildman–Crippen LogP) is 3.23. The summed E-state index contributed by atoms with van der Waals surface area (Å²) in [6.07, 6.45) is 0. The number of anilines is 2. The highest BCUT2D eigenvalue weighted by Gasteiger charge is 2.11. The zero-order valence-corrected chi connectivity index (χ0v) is 13.0. The summed E-state index contributed by atoms with van der Waals surface area (Å²) in [7, 11) is 5.28. The zero-order valence-electron chi connectivity index (χ0n) is 13.0. The van der Waals surface area contributed by atoms with Gasteiger partial charge < -0.3 is 20.1 Å². The van der Waals surface area contributed by atoms with Crippen LogP contribution in [-0.4, -0.2) is 21.3 Å². The van der Waals surface area contributed by atoms with Crippen LogP contribution >= 0.6 is 0 Å². The fraction of sp³-hybridized carbons (Fsp3) is 0.294. The molecule has 0 amide bonds. The maximum atomic E-state index is 6.11. The lowest BCUT2D eigenvalue weighted by molar-refractivity contribution is 0.355. The molecule has 0 spiro atoms. The van der Waals surface area contributed by atoms with Gasteiger partial charge in [-0.15, -0.1) is 0 Å². The van der Waals surface area contributed by atoms with Gasteiger partial charge in [0.1, 0.15) is 0 Å². The Labute approximate surface area is 126 Å². The van der Waals surface area contributed by atoms with Gasteiger partial charge in [0.05, 0.1) is 14.2 Å². The van der Waals surface area contributed by atoms with E-state index in [1.807, 2.05) is 13.1 Å². The summed E-state index contributed by atoms with van der Waals surface area (Å²) < 4.78 is 10.6. The lowest BCUT2D eigenvalue weighted by Gasteiger charge is -2.21. The smallest absolute Gasteiger partial charge is 0.162 e. The first-order chi connectivity index (χ1) is 10.0. The third-order valence-electron chi connectivity index (χ3n) is 3.53. The van der Waals surface area contributed by atoms with Crippen LogP contribution in [0.3, 0.4) is 0 Å². The van der Waals surface area contributed by atoms with Crippen LogP contribution in [-0.2, 0) is 6.54 Å². The molecule has 0 heterocycles. The fourth-order valence-corrected chi connectivity index (χ4v) is 2.22. The molecule has 0 aromatic heterocycles. The van der Waals surface area contributed by atoms with Gasteiger partial charge in [-0.2, -0.15) is 0 Å². The Morgan fingerprint density at radius 2 is 1.57 bits per heavy atom. The van der Waals surface area contributed by atoms with Crippen LogP contribution in [0.1, 0.15) is 11.1 Å². The van der Waals surface area contributed by atoms with E-state index in [-0.39, 0.29) is 0 Å². The van der Waals surface area contributed by atoms with Gasteiger partial charge in [0.25, 0.3) is 0 Å². The van der Waals surface area contributed by atoms with Crippen molar-refractivity contribution < 1.29 is 9.47 Å². The van der Waals surface area contributed by atoms with Crippen LogP contribution in [0.4, 0.5) is 11.4 Å². The monoisotopic (exact) mass is 286 g/mol. The van der Waals surface area contributed by atoms with Crippen molar-refractivity contribution in [3.63, 3.8) is 0 Å². The molecule has 112 valence electrons. The quantitative estimate of drug-likeness (QED) is 0.857. The summed E-state index contributed by atoms with van der Waals surface area (Å²) in [5.41, 5.74) is 10.2. The van der Waals surface area contributed by atoms with Gasteiger partial charge in [-0.25, -0.2) is 0 Å². The van der Waals surface area contributed by atoms with Crippen LogP contribution in [0.25, 0.3) is 0 Å². The molecule has 0 fully saturated rings. The summed E-state index contributed by atoms with van der Waals surface area (Å²) in [4.78, 5) is 2.15. The Bertz CT molecular complexity index is 609. The summed E-state index contributed by atoms with van der Waals surface area (Å²) in [5.74, 6) is 1.34. The van der Waals surface area contributed by atoms with Crippen molar-refractivity contribution in [3.05, 3.63) is 47.5 Å². The minimum Gasteiger partial charge on any atom is -0.493 e. The van der Waals surface area contributed by atoms with Crippen molar-refractivity contribution in [1.82, 2.24) is 0 Å². The van der Waals surface area contributed by atoms with Crippen LogP contribution in [0.15, 0.2) is 36.4 Å². The topological polar surface area (TPSA) is 47.7 Å². The standard InChI is InChI=1S/C17H22N2O2/c1-12-5-7-14(8-6-12)19(2)11-13-9-16(20-3)17(21-4)10-15(13)18/h5-10H,11,18H2,1-4H3. The molecule has 0 atom stereocenters. The summed E-state index contributed by atoms with van der Waals surface area (Å²) in [6, 6.07) is 12.1. The third kappa shape index (κ3) is 3.40. The van der Waals surface area contributed by atoms with Gasteiger partial charge in [0.15, 0.2) is 11.5 Å². The number of nitrogens with zero attached hydrogens (tertiary/aromatic N) is 1. The van der Waals surface area contributed by atoms with E-state index in [0.717, 1.165) is 11.3 Å². The SMILES string of the molecule is COc1cc(N)c(CN(C)c2ccc(C)cc2)cc1OC. The Morgan fingerprint density at radius 3 is 2.14 bits per heavy atom. The molecule has 2 rings (SSSR count). The van der Waals surface area contributed by atoms with Gasteiger partial charge in [-0.3, -0.25) is 0 Å². The Balaban J connectivity index is 2.24. The highest BCUT2D eigenvalue weighted by atomic mass is 16.5. The van der Waals surface area contributed by atoms with Crippen molar-refractivity contribution in [2.75, 3.05) is 31.9 Å². The van der Waals surface area contributed by atoms with E-state index < -0.39 is 0 Å². The second-order valence-corrected chi connectivity index (χ2v) is 5.10. The molecule has 4 nitrogen and oxygen atoms in total. The maximum absolute atomic E-state index is 6.11. The van der Waals surface area contributed by atoms with E-state index >= 15 is 0 Å². The number of nitrogens with two attached hydrogens (primary N) is 1. The molecule has 0 aliphatic carbocycles. The minimum atomic E-state index is 0.650. The highest BCUT2D eigenvalue weighted by Crippen LogP contribution is 2.32. The first-order valence-corrected chi connectivity index (χ1v) is 6.83. The van der Waals surface area contributed by atoms with Crippen LogP contribution in [0.5, 0.6) is 11.5 Å². The number of aryl methyl sites for hydroxylation is 1. The van der Waals surface area contributed by atoms with Crippen molar-refractivity contribution >= 4 is 11.4 Å². The first-order valence-electron chi connectivity index (χ1n) is 6.83. The fourth-order valence-electron chi connectivity index (χ4n) is 2.22. The van der Waals surface area contributed by atoms with Crippen LogP contribution in [0.2, 0.25) is 0 Å². The molecule has 2 aromatic rings. The molecular formula is C17H22N2O2. The Hall–Kier alpha value is -2.36.